The first kappa shape index (κ1) is 26.5. The summed E-state index contributed by atoms with van der Waals surface area (Å²) in [7, 11) is -0.462. The van der Waals surface area contributed by atoms with Gasteiger partial charge in [-0.2, -0.15) is 0 Å². The second kappa shape index (κ2) is 8.95. The molecule has 0 atom stereocenters. The van der Waals surface area contributed by atoms with Crippen molar-refractivity contribution in [1.29, 1.82) is 0 Å². The van der Waals surface area contributed by atoms with Crippen LogP contribution in [0.3, 0.4) is 0 Å². The van der Waals surface area contributed by atoms with Crippen molar-refractivity contribution >= 4 is 34.4 Å². The molecule has 0 spiro atoms. The number of fused-ring (bicyclic) bond motifs is 6. The Hall–Kier alpha value is -4.12. The fourth-order valence-electron chi connectivity index (χ4n) is 7.26. The zero-order valence-corrected chi connectivity index (χ0v) is 25.7. The second-order valence-electron chi connectivity index (χ2n) is 13.6. The molecule has 4 heteroatoms. The molecule has 0 radical (unpaired) electrons. The molecule has 8 rings (SSSR count). The van der Waals surface area contributed by atoms with Crippen molar-refractivity contribution in [3.8, 4) is 27.9 Å². The molecule has 1 aliphatic carbocycles. The van der Waals surface area contributed by atoms with Gasteiger partial charge in [0.25, 0.3) is 0 Å². The van der Waals surface area contributed by atoms with Crippen LogP contribution in [0, 0.1) is 0 Å². The maximum Gasteiger partial charge on any atom is 0.497 e. The molecule has 0 N–H and O–H groups in total. The predicted octanol–water partition coefficient (Wildman–Crippen LogP) is 9.06. The maximum absolute atomic E-state index is 6.61. The lowest BCUT2D eigenvalue weighted by Crippen LogP contribution is -2.41. The Labute approximate surface area is 254 Å². The van der Waals surface area contributed by atoms with Crippen molar-refractivity contribution in [2.45, 2.75) is 58.2 Å². The Balaban J connectivity index is 1.40. The molecule has 1 fully saturated rings. The van der Waals surface area contributed by atoms with Gasteiger partial charge in [0.1, 0.15) is 0 Å². The summed E-state index contributed by atoms with van der Waals surface area (Å²) < 4.78 is 15.6. The summed E-state index contributed by atoms with van der Waals surface area (Å²) in [6.07, 6.45) is 0. The smallest absolute Gasteiger partial charge is 0.399 e. The molecule has 2 heterocycles. The van der Waals surface area contributed by atoms with Crippen molar-refractivity contribution < 1.29 is 9.31 Å². The molecule has 5 aromatic carbocycles. The van der Waals surface area contributed by atoms with Gasteiger partial charge in [-0.3, -0.25) is 0 Å². The van der Waals surface area contributed by atoms with Crippen molar-refractivity contribution in [2.24, 2.45) is 0 Å². The summed E-state index contributed by atoms with van der Waals surface area (Å²) in [6.45, 7) is 13.1. The fourth-order valence-corrected chi connectivity index (χ4v) is 7.26. The minimum absolute atomic E-state index is 0.0346. The molecule has 43 heavy (non-hydrogen) atoms. The number of para-hydroxylation sites is 2. The molecular weight excluding hydrogens is 525 g/mol. The zero-order chi connectivity index (χ0) is 29.7. The van der Waals surface area contributed by atoms with Crippen LogP contribution in [0.15, 0.2) is 109 Å². The Morgan fingerprint density at radius 3 is 2.00 bits per heavy atom. The first-order valence-corrected chi connectivity index (χ1v) is 15.3. The lowest BCUT2D eigenvalue weighted by molar-refractivity contribution is 0.00578. The van der Waals surface area contributed by atoms with Gasteiger partial charge < -0.3 is 13.9 Å². The van der Waals surface area contributed by atoms with Crippen molar-refractivity contribution in [3.63, 3.8) is 0 Å². The molecule has 0 unspecified atom stereocenters. The number of aromatic nitrogens is 1. The third-order valence-electron chi connectivity index (χ3n) is 10.3. The normalized spacial score (nSPS) is 17.9. The number of nitrogens with zero attached hydrogens (tertiary/aromatic N) is 1. The van der Waals surface area contributed by atoms with E-state index in [0.29, 0.717) is 0 Å². The molecule has 0 saturated carbocycles. The molecule has 6 aromatic rings. The standard InChI is InChI=1S/C39H36BNO2/c1-37(2)31-19-11-10-16-29(31)35-27(17-12-20-32(35)37)25-22-23-34-30(24-25)28-18-13-21-33(40-42-38(3,4)39(5,6)43-40)36(28)41(34)26-14-8-7-9-15-26/h7-24H,1-6H3. The highest BCUT2D eigenvalue weighted by Gasteiger charge is 2.52. The monoisotopic (exact) mass is 561 g/mol. The Bertz CT molecular complexity index is 2050. The Morgan fingerprint density at radius 2 is 1.23 bits per heavy atom. The van der Waals surface area contributed by atoms with Gasteiger partial charge in [0.15, 0.2) is 0 Å². The molecule has 0 amide bonds. The SMILES string of the molecule is CC1(C)c2ccccc2-c2c(-c3ccc4c(c3)c3cccc(B5OC(C)(C)C(C)(C)O5)c3n4-c3ccccc3)cccc21. The first-order chi connectivity index (χ1) is 20.6. The van der Waals surface area contributed by atoms with Crippen LogP contribution in [0.1, 0.15) is 52.7 Å². The quantitative estimate of drug-likeness (QED) is 0.201. The molecule has 0 bridgehead atoms. The number of rotatable bonds is 3. The van der Waals surface area contributed by atoms with E-state index < -0.39 is 18.3 Å². The fraction of sp³-hybridized carbons (Fsp3) is 0.231. The highest BCUT2D eigenvalue weighted by Crippen LogP contribution is 2.52. The number of hydrogen-bond acceptors (Lipinski definition) is 2. The second-order valence-corrected chi connectivity index (χ2v) is 13.6. The summed E-state index contributed by atoms with van der Waals surface area (Å²) in [4.78, 5) is 0. The van der Waals surface area contributed by atoms with Crippen LogP contribution in [0.25, 0.3) is 49.7 Å². The lowest BCUT2D eigenvalue weighted by Gasteiger charge is -2.32. The molecule has 2 aliphatic rings. The zero-order valence-electron chi connectivity index (χ0n) is 25.7. The lowest BCUT2D eigenvalue weighted by atomic mass is 9.77. The minimum atomic E-state index is -0.462. The largest absolute Gasteiger partial charge is 0.497 e. The third-order valence-corrected chi connectivity index (χ3v) is 10.3. The van der Waals surface area contributed by atoms with Crippen LogP contribution < -0.4 is 5.46 Å². The Kier molecular flexibility index (Phi) is 5.52. The molecule has 212 valence electrons. The van der Waals surface area contributed by atoms with Gasteiger partial charge >= 0.3 is 7.12 Å². The van der Waals surface area contributed by atoms with Crippen LogP contribution in [-0.4, -0.2) is 22.9 Å². The van der Waals surface area contributed by atoms with Crippen molar-refractivity contribution in [3.05, 3.63) is 120 Å². The molecular formula is C39H36BNO2. The molecule has 3 nitrogen and oxygen atoms in total. The maximum atomic E-state index is 6.61. The van der Waals surface area contributed by atoms with Gasteiger partial charge in [0.2, 0.25) is 0 Å². The summed E-state index contributed by atoms with van der Waals surface area (Å²) in [5, 5.41) is 2.42. The average molecular weight is 562 g/mol. The van der Waals surface area contributed by atoms with Gasteiger partial charge in [-0.25, -0.2) is 0 Å². The average Bonchev–Trinajstić information content (AvgIpc) is 3.54. The van der Waals surface area contributed by atoms with E-state index in [2.05, 4.69) is 155 Å². The van der Waals surface area contributed by atoms with E-state index in [1.807, 2.05) is 0 Å². The van der Waals surface area contributed by atoms with Crippen LogP contribution in [0.2, 0.25) is 0 Å². The van der Waals surface area contributed by atoms with E-state index in [-0.39, 0.29) is 5.41 Å². The van der Waals surface area contributed by atoms with E-state index >= 15 is 0 Å². The van der Waals surface area contributed by atoms with Gasteiger partial charge in [-0.1, -0.05) is 98.8 Å². The van der Waals surface area contributed by atoms with Gasteiger partial charge in [-0.15, -0.1) is 0 Å². The first-order valence-electron chi connectivity index (χ1n) is 15.3. The van der Waals surface area contributed by atoms with E-state index in [1.165, 1.54) is 49.7 Å². The highest BCUT2D eigenvalue weighted by molar-refractivity contribution is 6.65. The van der Waals surface area contributed by atoms with Gasteiger partial charge in [0.05, 0.1) is 22.2 Å². The number of hydrogen-bond donors (Lipinski definition) is 0. The predicted molar refractivity (Wildman–Crippen MR) is 179 cm³/mol. The summed E-state index contributed by atoms with van der Waals surface area (Å²) in [6, 6.07) is 39.8. The van der Waals surface area contributed by atoms with Gasteiger partial charge in [-0.05, 0) is 85.3 Å². The van der Waals surface area contributed by atoms with Crippen LogP contribution in [0.5, 0.6) is 0 Å². The van der Waals surface area contributed by atoms with Crippen LogP contribution >= 0.6 is 0 Å². The molecule has 1 aliphatic heterocycles. The number of benzene rings is 5. The third kappa shape index (κ3) is 3.70. The van der Waals surface area contributed by atoms with E-state index in [0.717, 1.165) is 16.7 Å². The summed E-state index contributed by atoms with van der Waals surface area (Å²) >= 11 is 0. The van der Waals surface area contributed by atoms with E-state index in [1.54, 1.807) is 0 Å². The van der Waals surface area contributed by atoms with Crippen molar-refractivity contribution in [1.82, 2.24) is 4.57 Å². The highest BCUT2D eigenvalue weighted by atomic mass is 16.7. The molecule has 1 aromatic heterocycles. The van der Waals surface area contributed by atoms with Crippen LogP contribution in [-0.2, 0) is 14.7 Å². The summed E-state index contributed by atoms with van der Waals surface area (Å²) in [5.74, 6) is 0. The van der Waals surface area contributed by atoms with E-state index in [9.17, 15) is 0 Å². The summed E-state index contributed by atoms with van der Waals surface area (Å²) in [5.41, 5.74) is 11.6. The van der Waals surface area contributed by atoms with Crippen molar-refractivity contribution in [2.75, 3.05) is 0 Å². The minimum Gasteiger partial charge on any atom is -0.399 e. The van der Waals surface area contributed by atoms with Crippen LogP contribution in [0.4, 0.5) is 0 Å². The van der Waals surface area contributed by atoms with E-state index in [4.69, 9.17) is 9.31 Å². The molecule has 1 saturated heterocycles. The topological polar surface area (TPSA) is 23.4 Å². The van der Waals surface area contributed by atoms with Gasteiger partial charge in [0, 0.05) is 27.3 Å². The Morgan fingerprint density at radius 1 is 0.581 bits per heavy atom.